The van der Waals surface area contributed by atoms with E-state index < -0.39 is 10.8 Å². The van der Waals surface area contributed by atoms with Crippen LogP contribution in [-0.2, 0) is 22.1 Å². The Kier molecular flexibility index (Phi) is 5.13. The highest BCUT2D eigenvalue weighted by Gasteiger charge is 2.16. The van der Waals surface area contributed by atoms with Gasteiger partial charge < -0.3 is 4.74 Å². The lowest BCUT2D eigenvalue weighted by atomic mass is 10.1. The highest BCUT2D eigenvalue weighted by Crippen LogP contribution is 2.21. The molecule has 0 aliphatic carbocycles. The van der Waals surface area contributed by atoms with Crippen LogP contribution in [0, 0.1) is 0 Å². The van der Waals surface area contributed by atoms with Crippen LogP contribution in [-0.4, -0.2) is 46.8 Å². The van der Waals surface area contributed by atoms with Crippen LogP contribution in [0.2, 0.25) is 0 Å². The second-order valence-electron chi connectivity index (χ2n) is 4.42. The maximum Gasteiger partial charge on any atom is 0.337 e. The molecule has 1 heterocycles. The van der Waals surface area contributed by atoms with E-state index in [1.54, 1.807) is 12.1 Å². The molecule has 0 unspecified atom stereocenters. The molecule has 0 spiro atoms. The van der Waals surface area contributed by atoms with Gasteiger partial charge in [0.1, 0.15) is 0 Å². The number of hydrogen-bond donors (Lipinski definition) is 0. The van der Waals surface area contributed by atoms with Gasteiger partial charge in [-0.05, 0) is 17.7 Å². The lowest BCUT2D eigenvalue weighted by molar-refractivity contribution is 0.0600. The number of esters is 1. The summed E-state index contributed by atoms with van der Waals surface area (Å²) in [5, 5.41) is 0. The molecule has 4 nitrogen and oxygen atoms in total. The number of benzene rings is 1. The molecule has 1 fully saturated rings. The Morgan fingerprint density at radius 3 is 2.68 bits per heavy atom. The summed E-state index contributed by atoms with van der Waals surface area (Å²) >= 11 is 3.49. The number of rotatable bonds is 3. The minimum Gasteiger partial charge on any atom is -0.465 e. The van der Waals surface area contributed by atoms with Crippen molar-refractivity contribution in [2.24, 2.45) is 0 Å². The van der Waals surface area contributed by atoms with E-state index in [4.69, 9.17) is 0 Å². The first-order valence-electron chi connectivity index (χ1n) is 6.04. The minimum atomic E-state index is -0.650. The molecule has 1 aliphatic heterocycles. The van der Waals surface area contributed by atoms with Crippen molar-refractivity contribution in [3.63, 3.8) is 0 Å². The number of nitrogens with zero attached hydrogens (tertiary/aromatic N) is 1. The van der Waals surface area contributed by atoms with E-state index in [-0.39, 0.29) is 5.97 Å². The average molecular weight is 346 g/mol. The SMILES string of the molecule is COC(=O)c1ccc(CN2CCS(=O)CC2)c(Br)c1. The second-order valence-corrected chi connectivity index (χ2v) is 6.97. The molecule has 1 aromatic rings. The lowest BCUT2D eigenvalue weighted by Gasteiger charge is -2.26. The van der Waals surface area contributed by atoms with Crippen LogP contribution >= 0.6 is 15.9 Å². The summed E-state index contributed by atoms with van der Waals surface area (Å²) in [6.07, 6.45) is 0. The molecule has 1 saturated heterocycles. The van der Waals surface area contributed by atoms with Crippen molar-refractivity contribution in [3.05, 3.63) is 33.8 Å². The smallest absolute Gasteiger partial charge is 0.337 e. The third kappa shape index (κ3) is 3.87. The van der Waals surface area contributed by atoms with Crippen molar-refractivity contribution in [2.75, 3.05) is 31.7 Å². The van der Waals surface area contributed by atoms with Crippen LogP contribution in [0.25, 0.3) is 0 Å². The van der Waals surface area contributed by atoms with Crippen molar-refractivity contribution < 1.29 is 13.7 Å². The van der Waals surface area contributed by atoms with Gasteiger partial charge in [-0.25, -0.2) is 4.79 Å². The van der Waals surface area contributed by atoms with E-state index in [2.05, 4.69) is 25.6 Å². The zero-order valence-corrected chi connectivity index (χ0v) is 13.1. The molecule has 0 radical (unpaired) electrons. The monoisotopic (exact) mass is 345 g/mol. The molecule has 0 atom stereocenters. The fourth-order valence-electron chi connectivity index (χ4n) is 2.00. The third-order valence-electron chi connectivity index (χ3n) is 3.14. The van der Waals surface area contributed by atoms with E-state index in [0.29, 0.717) is 5.56 Å². The first kappa shape index (κ1) is 14.7. The molecule has 6 heteroatoms. The van der Waals surface area contributed by atoms with Crippen molar-refractivity contribution in [1.29, 1.82) is 0 Å². The summed E-state index contributed by atoms with van der Waals surface area (Å²) in [5.41, 5.74) is 1.67. The Balaban J connectivity index is 2.05. The summed E-state index contributed by atoms with van der Waals surface area (Å²) in [7, 11) is 0.723. The van der Waals surface area contributed by atoms with Gasteiger partial charge in [0.2, 0.25) is 0 Å². The maximum atomic E-state index is 11.4. The number of carbonyl (C=O) groups excluding carboxylic acids is 1. The Morgan fingerprint density at radius 1 is 1.42 bits per heavy atom. The number of hydrogen-bond acceptors (Lipinski definition) is 4. The molecule has 1 aromatic carbocycles. The number of halogens is 1. The molecule has 0 amide bonds. The second kappa shape index (κ2) is 6.63. The first-order chi connectivity index (χ1) is 9.10. The van der Waals surface area contributed by atoms with Gasteiger partial charge in [-0.15, -0.1) is 0 Å². The van der Waals surface area contributed by atoms with Crippen LogP contribution in [0.4, 0.5) is 0 Å². The molecule has 0 aromatic heterocycles. The Hall–Kier alpha value is -0.720. The summed E-state index contributed by atoms with van der Waals surface area (Å²) < 4.78 is 16.9. The van der Waals surface area contributed by atoms with Crippen LogP contribution in [0.3, 0.4) is 0 Å². The Bertz CT molecular complexity index is 497. The van der Waals surface area contributed by atoms with E-state index in [1.807, 2.05) is 6.07 Å². The van der Waals surface area contributed by atoms with E-state index in [1.165, 1.54) is 7.11 Å². The third-order valence-corrected chi connectivity index (χ3v) is 5.15. The molecule has 0 bridgehead atoms. The van der Waals surface area contributed by atoms with Crippen LogP contribution in [0.15, 0.2) is 22.7 Å². The molecule has 19 heavy (non-hydrogen) atoms. The van der Waals surface area contributed by atoms with Gasteiger partial charge in [0.15, 0.2) is 0 Å². The summed E-state index contributed by atoms with van der Waals surface area (Å²) in [6.45, 7) is 2.52. The van der Waals surface area contributed by atoms with E-state index >= 15 is 0 Å². The fourth-order valence-corrected chi connectivity index (χ4v) is 3.63. The lowest BCUT2D eigenvalue weighted by Crippen LogP contribution is -2.37. The minimum absolute atomic E-state index is 0.333. The van der Waals surface area contributed by atoms with Gasteiger partial charge in [0, 0.05) is 46.4 Å². The Morgan fingerprint density at radius 2 is 2.11 bits per heavy atom. The predicted molar refractivity (Wildman–Crippen MR) is 78.6 cm³/mol. The van der Waals surface area contributed by atoms with Gasteiger partial charge >= 0.3 is 5.97 Å². The topological polar surface area (TPSA) is 46.6 Å². The van der Waals surface area contributed by atoms with Crippen molar-refractivity contribution in [2.45, 2.75) is 6.54 Å². The normalized spacial score (nSPS) is 17.4. The summed E-state index contributed by atoms with van der Waals surface area (Å²) in [6, 6.07) is 5.49. The fraction of sp³-hybridized carbons (Fsp3) is 0.462. The number of methoxy groups -OCH3 is 1. The molecule has 104 valence electrons. The highest BCUT2D eigenvalue weighted by atomic mass is 79.9. The van der Waals surface area contributed by atoms with Gasteiger partial charge in [-0.3, -0.25) is 9.11 Å². The van der Waals surface area contributed by atoms with Gasteiger partial charge in [-0.2, -0.15) is 0 Å². The predicted octanol–water partition coefficient (Wildman–Crippen LogP) is 1.80. The molecule has 2 rings (SSSR count). The van der Waals surface area contributed by atoms with Crippen molar-refractivity contribution >= 4 is 32.7 Å². The number of ether oxygens (including phenoxy) is 1. The van der Waals surface area contributed by atoms with Gasteiger partial charge in [-0.1, -0.05) is 22.0 Å². The van der Waals surface area contributed by atoms with Gasteiger partial charge in [0.25, 0.3) is 0 Å². The molecular formula is C13H16BrNO3S. The zero-order valence-electron chi connectivity index (χ0n) is 10.7. The van der Waals surface area contributed by atoms with E-state index in [9.17, 15) is 9.00 Å². The van der Waals surface area contributed by atoms with Crippen LogP contribution in [0.1, 0.15) is 15.9 Å². The van der Waals surface area contributed by atoms with Crippen LogP contribution in [0.5, 0.6) is 0 Å². The largest absolute Gasteiger partial charge is 0.465 e. The highest BCUT2D eigenvalue weighted by molar-refractivity contribution is 9.10. The quantitative estimate of drug-likeness (QED) is 0.783. The maximum absolute atomic E-state index is 11.4. The van der Waals surface area contributed by atoms with Gasteiger partial charge in [0.05, 0.1) is 12.7 Å². The standard InChI is InChI=1S/C13H16BrNO3S/c1-18-13(16)10-2-3-11(12(14)8-10)9-15-4-6-19(17)7-5-15/h2-3,8H,4-7,9H2,1H3. The zero-order chi connectivity index (χ0) is 13.8. The summed E-state index contributed by atoms with van der Waals surface area (Å²) in [4.78, 5) is 13.7. The Labute approximate surface area is 123 Å². The van der Waals surface area contributed by atoms with Crippen molar-refractivity contribution in [1.82, 2.24) is 4.90 Å². The average Bonchev–Trinajstić information content (AvgIpc) is 2.42. The van der Waals surface area contributed by atoms with Crippen molar-refractivity contribution in [3.8, 4) is 0 Å². The number of carbonyl (C=O) groups is 1. The molecule has 0 saturated carbocycles. The molecule has 1 aliphatic rings. The summed E-state index contributed by atoms with van der Waals surface area (Å²) in [5.74, 6) is 1.16. The van der Waals surface area contributed by atoms with Crippen LogP contribution < -0.4 is 0 Å². The molecular weight excluding hydrogens is 330 g/mol. The van der Waals surface area contributed by atoms with E-state index in [0.717, 1.165) is 41.2 Å². The first-order valence-corrected chi connectivity index (χ1v) is 8.32. The molecule has 0 N–H and O–H groups in total.